The van der Waals surface area contributed by atoms with Crippen LogP contribution in [0.5, 0.6) is 23.0 Å². The number of amides is 1. The minimum Gasteiger partial charge on any atom is -0.455 e. The molecule has 0 radical (unpaired) electrons. The van der Waals surface area contributed by atoms with Crippen molar-refractivity contribution >= 4 is 23.4 Å². The lowest BCUT2D eigenvalue weighted by molar-refractivity contribution is -0.385. The molecule has 0 bridgehead atoms. The van der Waals surface area contributed by atoms with E-state index in [4.69, 9.17) is 9.47 Å². The minimum atomic E-state index is -0.687. The van der Waals surface area contributed by atoms with E-state index in [2.05, 4.69) is 26.1 Å². The molecule has 0 aliphatic heterocycles. The smallest absolute Gasteiger partial charge is 0.312 e. The van der Waals surface area contributed by atoms with E-state index in [9.17, 15) is 20.2 Å². The van der Waals surface area contributed by atoms with Gasteiger partial charge >= 0.3 is 5.69 Å². The lowest BCUT2D eigenvalue weighted by Gasteiger charge is -2.19. The Hall–Kier alpha value is -5.42. The Balaban J connectivity index is 1.55. The number of benzene rings is 4. The van der Waals surface area contributed by atoms with Gasteiger partial charge in [0, 0.05) is 6.07 Å². The average Bonchev–Trinajstić information content (AvgIpc) is 2.93. The van der Waals surface area contributed by atoms with E-state index in [1.807, 2.05) is 36.4 Å². The van der Waals surface area contributed by atoms with Gasteiger partial charge in [-0.25, -0.2) is 0 Å². The fourth-order valence-electron chi connectivity index (χ4n) is 3.78. The predicted molar refractivity (Wildman–Crippen MR) is 153 cm³/mol. The molecule has 0 fully saturated rings. The average molecular weight is 534 g/mol. The van der Waals surface area contributed by atoms with E-state index < -0.39 is 10.8 Å². The molecule has 0 spiro atoms. The molecule has 4 aromatic rings. The van der Waals surface area contributed by atoms with Crippen molar-refractivity contribution in [3.05, 3.63) is 124 Å². The third kappa shape index (κ3) is 6.91. The van der Waals surface area contributed by atoms with E-state index in [-0.39, 0.29) is 22.4 Å². The first-order chi connectivity index (χ1) is 19.1. The highest BCUT2D eigenvalue weighted by Gasteiger charge is 2.19. The van der Waals surface area contributed by atoms with Crippen LogP contribution in [0.2, 0.25) is 0 Å². The van der Waals surface area contributed by atoms with Gasteiger partial charge < -0.3 is 14.8 Å². The monoisotopic (exact) mass is 533 g/mol. The molecule has 8 nitrogen and oxygen atoms in total. The summed E-state index contributed by atoms with van der Waals surface area (Å²) in [4.78, 5) is 24.2. The lowest BCUT2D eigenvalue weighted by Crippen LogP contribution is -2.14. The first kappa shape index (κ1) is 27.6. The van der Waals surface area contributed by atoms with E-state index in [1.54, 1.807) is 54.6 Å². The number of hydrogen-bond donors (Lipinski definition) is 1. The number of para-hydroxylation sites is 3. The summed E-state index contributed by atoms with van der Waals surface area (Å²) in [6, 6.07) is 29.4. The molecular formula is C32H27N3O5. The van der Waals surface area contributed by atoms with Gasteiger partial charge in [0.05, 0.1) is 10.6 Å². The van der Waals surface area contributed by atoms with E-state index in [0.29, 0.717) is 28.5 Å². The van der Waals surface area contributed by atoms with Gasteiger partial charge in [-0.2, -0.15) is 5.26 Å². The highest BCUT2D eigenvalue weighted by molar-refractivity contribution is 6.10. The van der Waals surface area contributed by atoms with Gasteiger partial charge in [-0.1, -0.05) is 69.3 Å². The van der Waals surface area contributed by atoms with E-state index in [1.165, 1.54) is 18.2 Å². The first-order valence-electron chi connectivity index (χ1n) is 12.5. The first-order valence-corrected chi connectivity index (χ1v) is 12.5. The van der Waals surface area contributed by atoms with Crippen molar-refractivity contribution in [3.63, 3.8) is 0 Å². The summed E-state index contributed by atoms with van der Waals surface area (Å²) in [5.74, 6) is 0.786. The third-order valence-corrected chi connectivity index (χ3v) is 5.91. The number of ether oxygens (including phenoxy) is 2. The number of carbonyl (C=O) groups excluding carboxylic acids is 1. The topological polar surface area (TPSA) is 114 Å². The summed E-state index contributed by atoms with van der Waals surface area (Å²) in [5, 5.41) is 24.2. The number of nitrogens with zero attached hydrogens (tertiary/aromatic N) is 2. The van der Waals surface area contributed by atoms with Crippen molar-refractivity contribution in [3.8, 4) is 29.1 Å². The molecular weight excluding hydrogens is 506 g/mol. The molecule has 0 atom stereocenters. The standard InChI is InChI=1S/C32H27N3O5/c1-32(2,3)24-14-16-26(17-15-24)40-30-18-13-22(20-28(30)35(37)38)19-23(21-33)31(36)34-27-11-7-8-12-29(27)39-25-9-5-4-6-10-25/h4-20H,1-3H3,(H,34,36). The summed E-state index contributed by atoms with van der Waals surface area (Å²) >= 11 is 0. The summed E-state index contributed by atoms with van der Waals surface area (Å²) in [6.45, 7) is 6.27. The number of hydrogen-bond acceptors (Lipinski definition) is 6. The van der Waals surface area contributed by atoms with Gasteiger partial charge in [-0.3, -0.25) is 14.9 Å². The second-order valence-corrected chi connectivity index (χ2v) is 9.90. The Kier molecular flexibility index (Phi) is 8.26. The maximum absolute atomic E-state index is 13.0. The number of nitro groups is 1. The Labute approximate surface area is 232 Å². The summed E-state index contributed by atoms with van der Waals surface area (Å²) in [7, 11) is 0. The van der Waals surface area contributed by atoms with Crippen molar-refractivity contribution in [2.75, 3.05) is 5.32 Å². The molecule has 4 aromatic carbocycles. The maximum atomic E-state index is 13.0. The largest absolute Gasteiger partial charge is 0.455 e. The van der Waals surface area contributed by atoms with Gasteiger partial charge in [-0.15, -0.1) is 0 Å². The number of nitro benzene ring substituents is 1. The van der Waals surface area contributed by atoms with Crippen molar-refractivity contribution in [2.45, 2.75) is 26.2 Å². The number of nitrogens with one attached hydrogen (secondary N) is 1. The molecule has 40 heavy (non-hydrogen) atoms. The summed E-state index contributed by atoms with van der Waals surface area (Å²) < 4.78 is 11.7. The normalized spacial score (nSPS) is 11.3. The van der Waals surface area contributed by atoms with Gasteiger partial charge in [0.1, 0.15) is 23.1 Å². The molecule has 0 saturated heterocycles. The van der Waals surface area contributed by atoms with Crippen molar-refractivity contribution in [2.24, 2.45) is 0 Å². The number of nitriles is 1. The Morgan fingerprint density at radius 1 is 0.875 bits per heavy atom. The third-order valence-electron chi connectivity index (χ3n) is 5.91. The fraction of sp³-hybridized carbons (Fsp3) is 0.125. The van der Waals surface area contributed by atoms with Gasteiger partial charge in [-0.05, 0) is 65.1 Å². The van der Waals surface area contributed by atoms with Crippen LogP contribution in [0.4, 0.5) is 11.4 Å². The highest BCUT2D eigenvalue weighted by atomic mass is 16.6. The highest BCUT2D eigenvalue weighted by Crippen LogP contribution is 2.34. The molecule has 0 unspecified atom stereocenters. The molecule has 0 saturated carbocycles. The van der Waals surface area contributed by atoms with Crippen LogP contribution in [0.3, 0.4) is 0 Å². The van der Waals surface area contributed by atoms with Gasteiger partial charge in [0.15, 0.2) is 5.75 Å². The predicted octanol–water partition coefficient (Wildman–Crippen LogP) is 8.02. The second-order valence-electron chi connectivity index (χ2n) is 9.90. The van der Waals surface area contributed by atoms with Crippen molar-refractivity contribution in [1.82, 2.24) is 0 Å². The van der Waals surface area contributed by atoms with Crippen LogP contribution in [0.15, 0.2) is 103 Å². The van der Waals surface area contributed by atoms with Crippen LogP contribution in [-0.2, 0) is 10.2 Å². The van der Waals surface area contributed by atoms with Crippen molar-refractivity contribution < 1.29 is 19.2 Å². The summed E-state index contributed by atoms with van der Waals surface area (Å²) in [5.41, 5.74) is 1.18. The van der Waals surface area contributed by atoms with Crippen molar-refractivity contribution in [1.29, 1.82) is 5.26 Å². The zero-order valence-electron chi connectivity index (χ0n) is 22.3. The Morgan fingerprint density at radius 2 is 1.50 bits per heavy atom. The number of anilines is 1. The minimum absolute atomic E-state index is 0.0414. The van der Waals surface area contributed by atoms with E-state index >= 15 is 0 Å². The molecule has 0 aliphatic carbocycles. The lowest BCUT2D eigenvalue weighted by atomic mass is 9.87. The molecule has 1 amide bonds. The van der Waals surface area contributed by atoms with Crippen LogP contribution < -0.4 is 14.8 Å². The van der Waals surface area contributed by atoms with Crippen LogP contribution >= 0.6 is 0 Å². The maximum Gasteiger partial charge on any atom is 0.312 e. The zero-order valence-corrected chi connectivity index (χ0v) is 22.3. The quantitative estimate of drug-likeness (QED) is 0.106. The molecule has 4 rings (SSSR count). The molecule has 0 aliphatic rings. The van der Waals surface area contributed by atoms with Gasteiger partial charge in [0.25, 0.3) is 5.91 Å². The van der Waals surface area contributed by atoms with Crippen LogP contribution in [0, 0.1) is 21.4 Å². The zero-order chi connectivity index (χ0) is 28.7. The molecule has 0 aromatic heterocycles. The summed E-state index contributed by atoms with van der Waals surface area (Å²) in [6.07, 6.45) is 1.28. The number of rotatable bonds is 8. The number of carbonyl (C=O) groups is 1. The van der Waals surface area contributed by atoms with Crippen LogP contribution in [0.25, 0.3) is 6.08 Å². The molecule has 0 heterocycles. The Bertz CT molecular complexity index is 1600. The van der Waals surface area contributed by atoms with E-state index in [0.717, 1.165) is 5.56 Å². The van der Waals surface area contributed by atoms with Crippen LogP contribution in [-0.4, -0.2) is 10.8 Å². The Morgan fingerprint density at radius 3 is 2.15 bits per heavy atom. The fourth-order valence-corrected chi connectivity index (χ4v) is 3.78. The van der Waals surface area contributed by atoms with Crippen LogP contribution in [0.1, 0.15) is 31.9 Å². The molecule has 8 heteroatoms. The second kappa shape index (κ2) is 12.0. The molecule has 200 valence electrons. The SMILES string of the molecule is CC(C)(C)c1ccc(Oc2ccc(C=C(C#N)C(=O)Nc3ccccc3Oc3ccccc3)cc2[N+](=O)[O-])cc1. The van der Waals surface area contributed by atoms with Gasteiger partial charge in [0.2, 0.25) is 5.75 Å². The molecule has 1 N–H and O–H groups in total.